The molecule has 6 rings (SSSR count). The highest BCUT2D eigenvalue weighted by molar-refractivity contribution is 5.94. The summed E-state index contributed by atoms with van der Waals surface area (Å²) in [6.07, 6.45) is 2.37. The minimum atomic E-state index is -0.216. The van der Waals surface area contributed by atoms with Crippen molar-refractivity contribution in [2.45, 2.75) is 25.4 Å². The van der Waals surface area contributed by atoms with Gasteiger partial charge in [0.25, 0.3) is 0 Å². The number of nitrogens with zero attached hydrogens (tertiary/aromatic N) is 7. The van der Waals surface area contributed by atoms with Crippen LogP contribution in [0.25, 0.3) is 10.8 Å². The number of rotatable bonds is 5. The van der Waals surface area contributed by atoms with Crippen molar-refractivity contribution < 1.29 is 14.3 Å². The van der Waals surface area contributed by atoms with Crippen molar-refractivity contribution in [1.29, 1.82) is 5.26 Å². The van der Waals surface area contributed by atoms with E-state index in [1.807, 2.05) is 0 Å². The maximum atomic E-state index is 12.3. The van der Waals surface area contributed by atoms with Crippen LogP contribution in [0.3, 0.4) is 0 Å². The highest BCUT2D eigenvalue weighted by atomic mass is 16.5. The van der Waals surface area contributed by atoms with E-state index in [0.29, 0.717) is 32.2 Å². The lowest BCUT2D eigenvalue weighted by Gasteiger charge is -2.42. The van der Waals surface area contributed by atoms with Gasteiger partial charge in [0.15, 0.2) is 0 Å². The third-order valence-electron chi connectivity index (χ3n) is 8.11. The molecule has 0 N–H and O–H groups in total. The molecule has 2 saturated heterocycles. The Hall–Kier alpha value is -4.20. The van der Waals surface area contributed by atoms with Crippen molar-refractivity contribution in [1.82, 2.24) is 19.8 Å². The second-order valence-corrected chi connectivity index (χ2v) is 10.7. The smallest absolute Gasteiger partial charge is 0.318 e. The third-order valence-corrected chi connectivity index (χ3v) is 8.11. The van der Waals surface area contributed by atoms with E-state index in [4.69, 9.17) is 19.4 Å². The lowest BCUT2D eigenvalue weighted by molar-refractivity contribution is -0.128. The number of morpholine rings is 1. The van der Waals surface area contributed by atoms with Gasteiger partial charge in [-0.25, -0.2) is 0 Å². The molecule has 4 heterocycles. The molecule has 1 unspecified atom stereocenters. The largest absolute Gasteiger partial charge is 0.467 e. The number of anilines is 2. The maximum Gasteiger partial charge on any atom is 0.318 e. The van der Waals surface area contributed by atoms with Crippen molar-refractivity contribution in [2.75, 3.05) is 76.4 Å². The molecular formula is C32H39N7O3. The predicted molar refractivity (Wildman–Crippen MR) is 164 cm³/mol. The molecule has 220 valence electrons. The summed E-state index contributed by atoms with van der Waals surface area (Å²) in [5.41, 5.74) is 3.26. The molecule has 0 saturated carbocycles. The number of amides is 1. The van der Waals surface area contributed by atoms with Crippen LogP contribution in [-0.2, 0) is 22.5 Å². The van der Waals surface area contributed by atoms with E-state index >= 15 is 0 Å². The van der Waals surface area contributed by atoms with E-state index in [9.17, 15) is 10.1 Å². The summed E-state index contributed by atoms with van der Waals surface area (Å²) in [5, 5.41) is 11.8. The average molecular weight is 570 g/mol. The first-order valence-electron chi connectivity index (χ1n) is 14.5. The Labute approximate surface area is 247 Å². The number of carbonyl (C=O) groups excluding carboxylic acids is 1. The molecule has 2 fully saturated rings. The minimum Gasteiger partial charge on any atom is -0.467 e. The molecule has 10 heteroatoms. The molecule has 1 aromatic heterocycles. The lowest BCUT2D eigenvalue weighted by atomic mass is 10.0. The fourth-order valence-electron chi connectivity index (χ4n) is 5.82. The molecule has 1 amide bonds. The summed E-state index contributed by atoms with van der Waals surface area (Å²) in [5.74, 6) is 0.705. The van der Waals surface area contributed by atoms with Crippen molar-refractivity contribution in [3.8, 4) is 12.1 Å². The zero-order chi connectivity index (χ0) is 29.5. The van der Waals surface area contributed by atoms with Crippen LogP contribution < -0.4 is 14.5 Å². The second-order valence-electron chi connectivity index (χ2n) is 10.7. The van der Waals surface area contributed by atoms with Crippen molar-refractivity contribution in [3.05, 3.63) is 66.4 Å². The van der Waals surface area contributed by atoms with Gasteiger partial charge in [-0.1, -0.05) is 43.0 Å². The van der Waals surface area contributed by atoms with Crippen molar-refractivity contribution >= 4 is 28.2 Å². The first-order valence-corrected chi connectivity index (χ1v) is 14.5. The molecule has 1 atom stereocenters. The third kappa shape index (κ3) is 6.48. The van der Waals surface area contributed by atoms with Gasteiger partial charge in [0.05, 0.1) is 51.1 Å². The number of nitriles is 1. The molecule has 42 heavy (non-hydrogen) atoms. The fraction of sp³-hybridized carbons (Fsp3) is 0.438. The van der Waals surface area contributed by atoms with E-state index in [1.54, 1.807) is 12.0 Å². The molecule has 3 aromatic rings. The number of methoxy groups -OCH3 is 1. The van der Waals surface area contributed by atoms with Gasteiger partial charge in [0, 0.05) is 55.9 Å². The molecule has 10 nitrogen and oxygen atoms in total. The summed E-state index contributed by atoms with van der Waals surface area (Å²) in [7, 11) is 3.69. The standard InChI is InChI=1S/C27H28N6O2.C5H11NO/c1-3-25(34)33-16-15-32(17-20(33)11-13-28)26-22-12-14-31(18-23(22)29-27(30-26)35-2)24-10-6-8-19-7-4-5-9-21(19)24;1-6-2-4-7-5-3-6/h3-10,20H,1,11-12,14-18H2,2H3;2-5H2,1H3. The van der Waals surface area contributed by atoms with Crippen LogP contribution in [-0.4, -0.2) is 98.4 Å². The van der Waals surface area contributed by atoms with Gasteiger partial charge >= 0.3 is 6.01 Å². The number of benzene rings is 2. The Morgan fingerprint density at radius 2 is 1.88 bits per heavy atom. The van der Waals surface area contributed by atoms with Crippen LogP contribution >= 0.6 is 0 Å². The van der Waals surface area contributed by atoms with Crippen LogP contribution in [0, 0.1) is 11.3 Å². The van der Waals surface area contributed by atoms with E-state index in [-0.39, 0.29) is 18.4 Å². The number of ether oxygens (including phenoxy) is 2. The quantitative estimate of drug-likeness (QED) is 0.429. The monoisotopic (exact) mass is 569 g/mol. The van der Waals surface area contributed by atoms with Gasteiger partial charge < -0.3 is 29.1 Å². The van der Waals surface area contributed by atoms with Crippen molar-refractivity contribution in [2.24, 2.45) is 0 Å². The number of carbonyl (C=O) groups is 1. The van der Waals surface area contributed by atoms with Crippen LogP contribution in [0.5, 0.6) is 6.01 Å². The Kier molecular flexibility index (Phi) is 9.52. The molecule has 2 aromatic carbocycles. The summed E-state index contributed by atoms with van der Waals surface area (Å²) in [6.45, 7) is 10.8. The predicted octanol–water partition coefficient (Wildman–Crippen LogP) is 3.27. The van der Waals surface area contributed by atoms with Gasteiger partial charge in [-0.2, -0.15) is 15.2 Å². The molecule has 3 aliphatic heterocycles. The van der Waals surface area contributed by atoms with Gasteiger partial charge in [-0.05, 0) is 31.0 Å². The average Bonchev–Trinajstić information content (AvgIpc) is 3.04. The molecule has 0 radical (unpaired) electrons. The summed E-state index contributed by atoms with van der Waals surface area (Å²) >= 11 is 0. The van der Waals surface area contributed by atoms with Crippen LogP contribution in [0.15, 0.2) is 55.1 Å². The fourth-order valence-corrected chi connectivity index (χ4v) is 5.82. The molecule has 0 bridgehead atoms. The number of aromatic nitrogens is 2. The van der Waals surface area contributed by atoms with Crippen LogP contribution in [0.1, 0.15) is 17.7 Å². The van der Waals surface area contributed by atoms with Gasteiger partial charge in [0.1, 0.15) is 5.82 Å². The van der Waals surface area contributed by atoms with Gasteiger partial charge in [-0.3, -0.25) is 4.79 Å². The zero-order valence-electron chi connectivity index (χ0n) is 24.5. The minimum absolute atomic E-state index is 0.141. The summed E-state index contributed by atoms with van der Waals surface area (Å²) < 4.78 is 10.6. The number of hydrogen-bond donors (Lipinski definition) is 0. The van der Waals surface area contributed by atoms with Gasteiger partial charge in [0.2, 0.25) is 5.91 Å². The van der Waals surface area contributed by atoms with Crippen LogP contribution in [0.4, 0.5) is 11.5 Å². The second kappa shape index (κ2) is 13.6. The van der Waals surface area contributed by atoms with E-state index in [1.165, 1.54) is 22.5 Å². The highest BCUT2D eigenvalue weighted by Gasteiger charge is 2.33. The topological polar surface area (TPSA) is 98.1 Å². The van der Waals surface area contributed by atoms with E-state index in [0.717, 1.165) is 56.3 Å². The summed E-state index contributed by atoms with van der Waals surface area (Å²) in [4.78, 5) is 30.3. The Bertz CT molecular complexity index is 1440. The Morgan fingerprint density at radius 1 is 1.10 bits per heavy atom. The zero-order valence-corrected chi connectivity index (χ0v) is 24.5. The molecule has 0 aliphatic carbocycles. The number of hydrogen-bond acceptors (Lipinski definition) is 9. The molecule has 3 aliphatic rings. The number of piperazine rings is 1. The van der Waals surface area contributed by atoms with Gasteiger partial charge in [-0.15, -0.1) is 0 Å². The first-order chi connectivity index (χ1) is 20.5. The SMILES string of the molecule is C=CC(=O)N1CCN(c2nc(OC)nc3c2CCN(c2cccc4ccccc24)C3)CC1CC#N.CN1CCOCC1. The normalized spacial score (nSPS) is 18.9. The van der Waals surface area contributed by atoms with E-state index in [2.05, 4.69) is 76.9 Å². The summed E-state index contributed by atoms with van der Waals surface area (Å²) in [6, 6.07) is 17.2. The lowest BCUT2D eigenvalue weighted by Crippen LogP contribution is -2.55. The van der Waals surface area contributed by atoms with E-state index < -0.39 is 0 Å². The molecular weight excluding hydrogens is 530 g/mol. The first kappa shape index (κ1) is 29.3. The number of fused-ring (bicyclic) bond motifs is 2. The Balaban J connectivity index is 0.000000442. The Morgan fingerprint density at radius 3 is 2.60 bits per heavy atom. The number of likely N-dealkylation sites (N-methyl/N-ethyl adjacent to an activating group) is 1. The molecule has 0 spiro atoms. The highest BCUT2D eigenvalue weighted by Crippen LogP contribution is 2.34. The van der Waals surface area contributed by atoms with Crippen molar-refractivity contribution in [3.63, 3.8) is 0 Å². The van der Waals surface area contributed by atoms with Crippen LogP contribution in [0.2, 0.25) is 0 Å². The maximum absolute atomic E-state index is 12.3.